The third-order valence-electron chi connectivity index (χ3n) is 4.40. The van der Waals surface area contributed by atoms with Crippen LogP contribution in [0.5, 0.6) is 5.75 Å². The SMILES string of the molecule is C=C(CCN1CCN(c2cccc(Cl)c2)C1=O)NC(=O)COc1ccc(Cl)cc1. The monoisotopic (exact) mass is 433 g/mol. The molecule has 3 amide bonds. The molecule has 1 fully saturated rings. The van der Waals surface area contributed by atoms with Crippen LogP contribution in [0, 0.1) is 0 Å². The largest absolute Gasteiger partial charge is 0.484 e. The lowest BCUT2D eigenvalue weighted by atomic mass is 10.3. The zero-order valence-corrected chi connectivity index (χ0v) is 17.2. The number of amides is 3. The van der Waals surface area contributed by atoms with E-state index in [9.17, 15) is 9.59 Å². The summed E-state index contributed by atoms with van der Waals surface area (Å²) in [5.41, 5.74) is 1.31. The number of carbonyl (C=O) groups is 2. The molecule has 29 heavy (non-hydrogen) atoms. The molecule has 0 spiro atoms. The van der Waals surface area contributed by atoms with Crippen molar-refractivity contribution in [1.82, 2.24) is 10.2 Å². The van der Waals surface area contributed by atoms with Crippen molar-refractivity contribution >= 4 is 40.8 Å². The van der Waals surface area contributed by atoms with Crippen LogP contribution in [-0.4, -0.2) is 43.1 Å². The van der Waals surface area contributed by atoms with Crippen molar-refractivity contribution < 1.29 is 14.3 Å². The van der Waals surface area contributed by atoms with Gasteiger partial charge in [0.2, 0.25) is 0 Å². The summed E-state index contributed by atoms with van der Waals surface area (Å²) in [6.07, 6.45) is 0.460. The maximum Gasteiger partial charge on any atom is 0.324 e. The van der Waals surface area contributed by atoms with E-state index in [4.69, 9.17) is 27.9 Å². The first kappa shape index (κ1) is 21.0. The number of nitrogens with one attached hydrogen (secondary N) is 1. The Balaban J connectivity index is 1.41. The minimum absolute atomic E-state index is 0.0857. The van der Waals surface area contributed by atoms with Crippen LogP contribution in [0.25, 0.3) is 0 Å². The summed E-state index contributed by atoms with van der Waals surface area (Å²) in [5, 5.41) is 3.88. The molecule has 0 bridgehead atoms. The molecule has 152 valence electrons. The van der Waals surface area contributed by atoms with Gasteiger partial charge in [0.25, 0.3) is 5.91 Å². The smallest absolute Gasteiger partial charge is 0.324 e. The molecule has 2 aromatic carbocycles. The molecule has 0 atom stereocenters. The second kappa shape index (κ2) is 9.67. The van der Waals surface area contributed by atoms with Crippen LogP contribution < -0.4 is 15.0 Å². The molecule has 2 aromatic rings. The van der Waals surface area contributed by atoms with Crippen LogP contribution in [0.4, 0.5) is 10.5 Å². The van der Waals surface area contributed by atoms with Gasteiger partial charge >= 0.3 is 6.03 Å². The number of hydrogen-bond acceptors (Lipinski definition) is 3. The maximum absolute atomic E-state index is 12.6. The van der Waals surface area contributed by atoms with E-state index >= 15 is 0 Å². The molecule has 1 aliphatic heterocycles. The predicted octanol–water partition coefficient (Wildman–Crippen LogP) is 4.33. The molecule has 0 unspecified atom stereocenters. The maximum atomic E-state index is 12.6. The van der Waals surface area contributed by atoms with Gasteiger partial charge in [-0.3, -0.25) is 9.69 Å². The highest BCUT2D eigenvalue weighted by Gasteiger charge is 2.29. The first-order valence-electron chi connectivity index (χ1n) is 9.10. The normalized spacial score (nSPS) is 13.5. The van der Waals surface area contributed by atoms with Gasteiger partial charge in [-0.25, -0.2) is 4.79 Å². The quantitative estimate of drug-likeness (QED) is 0.673. The average Bonchev–Trinajstić information content (AvgIpc) is 3.06. The van der Waals surface area contributed by atoms with Gasteiger partial charge in [-0.1, -0.05) is 35.8 Å². The lowest BCUT2D eigenvalue weighted by Crippen LogP contribution is -2.34. The zero-order chi connectivity index (χ0) is 20.8. The molecule has 1 saturated heterocycles. The number of hydrogen-bond donors (Lipinski definition) is 1. The number of ether oxygens (including phenoxy) is 1. The number of anilines is 1. The summed E-state index contributed by atoms with van der Waals surface area (Å²) in [5.74, 6) is 0.247. The Bertz CT molecular complexity index is 902. The van der Waals surface area contributed by atoms with E-state index in [1.54, 1.807) is 46.2 Å². The first-order chi connectivity index (χ1) is 13.9. The molecule has 8 heteroatoms. The summed E-state index contributed by atoms with van der Waals surface area (Å²) in [6.45, 7) is 5.39. The molecular weight excluding hydrogens is 413 g/mol. The van der Waals surface area contributed by atoms with E-state index in [2.05, 4.69) is 11.9 Å². The average molecular weight is 434 g/mol. The summed E-state index contributed by atoms with van der Waals surface area (Å²) in [6, 6.07) is 13.9. The third-order valence-corrected chi connectivity index (χ3v) is 4.89. The van der Waals surface area contributed by atoms with Gasteiger partial charge in [0.05, 0.1) is 0 Å². The van der Waals surface area contributed by atoms with Crippen LogP contribution in [0.3, 0.4) is 0 Å². The number of halogens is 2. The zero-order valence-electron chi connectivity index (χ0n) is 15.7. The van der Waals surface area contributed by atoms with Crippen LogP contribution in [0.2, 0.25) is 10.0 Å². The molecule has 1 aliphatic rings. The minimum Gasteiger partial charge on any atom is -0.484 e. The van der Waals surface area contributed by atoms with Crippen LogP contribution in [0.15, 0.2) is 60.8 Å². The lowest BCUT2D eigenvalue weighted by Gasteiger charge is -2.19. The fourth-order valence-electron chi connectivity index (χ4n) is 2.92. The van der Waals surface area contributed by atoms with Crippen LogP contribution >= 0.6 is 23.2 Å². The summed E-state index contributed by atoms with van der Waals surface area (Å²) < 4.78 is 5.40. The van der Waals surface area contributed by atoms with Gasteiger partial charge in [-0.15, -0.1) is 0 Å². The second-order valence-corrected chi connectivity index (χ2v) is 7.42. The number of rotatable bonds is 8. The fourth-order valence-corrected chi connectivity index (χ4v) is 3.23. The highest BCUT2D eigenvalue weighted by Crippen LogP contribution is 2.23. The minimum atomic E-state index is -0.307. The van der Waals surface area contributed by atoms with E-state index in [0.717, 1.165) is 5.69 Å². The van der Waals surface area contributed by atoms with Crippen molar-refractivity contribution in [2.24, 2.45) is 0 Å². The van der Waals surface area contributed by atoms with E-state index in [1.165, 1.54) is 0 Å². The highest BCUT2D eigenvalue weighted by atomic mass is 35.5. The van der Waals surface area contributed by atoms with Crippen molar-refractivity contribution in [2.75, 3.05) is 31.1 Å². The Morgan fingerprint density at radius 3 is 2.59 bits per heavy atom. The number of benzene rings is 2. The van der Waals surface area contributed by atoms with Crippen LogP contribution in [0.1, 0.15) is 6.42 Å². The molecule has 0 saturated carbocycles. The van der Waals surface area contributed by atoms with Crippen LogP contribution in [-0.2, 0) is 4.79 Å². The van der Waals surface area contributed by atoms with Gasteiger partial charge in [0, 0.05) is 47.5 Å². The summed E-state index contributed by atoms with van der Waals surface area (Å²) >= 11 is 11.8. The Hall–Kier alpha value is -2.70. The van der Waals surface area contributed by atoms with E-state index in [-0.39, 0.29) is 18.5 Å². The fraction of sp³-hybridized carbons (Fsp3) is 0.238. The molecule has 0 aliphatic carbocycles. The van der Waals surface area contributed by atoms with E-state index < -0.39 is 0 Å². The highest BCUT2D eigenvalue weighted by molar-refractivity contribution is 6.31. The summed E-state index contributed by atoms with van der Waals surface area (Å²) in [4.78, 5) is 28.0. The molecule has 3 rings (SSSR count). The first-order valence-corrected chi connectivity index (χ1v) is 9.86. The molecule has 0 aromatic heterocycles. The van der Waals surface area contributed by atoms with Gasteiger partial charge in [-0.05, 0) is 42.5 Å². The molecular formula is C21H21Cl2N3O3. The standard InChI is InChI=1S/C21H21Cl2N3O3/c1-15(24-20(27)14-29-19-7-5-16(22)6-8-19)9-10-25-11-12-26(21(25)28)18-4-2-3-17(23)13-18/h2-8,13H,1,9-12,14H2,(H,24,27). The van der Waals surface area contributed by atoms with Gasteiger partial charge in [-0.2, -0.15) is 0 Å². The molecule has 1 heterocycles. The third kappa shape index (κ3) is 5.89. The summed E-state index contributed by atoms with van der Waals surface area (Å²) in [7, 11) is 0. The topological polar surface area (TPSA) is 61.9 Å². The van der Waals surface area contributed by atoms with Crippen molar-refractivity contribution in [3.8, 4) is 5.75 Å². The number of carbonyl (C=O) groups excluding carboxylic acids is 2. The predicted molar refractivity (Wildman–Crippen MR) is 115 cm³/mol. The Labute approximate surface area is 179 Å². The Kier molecular flexibility index (Phi) is 7.01. The molecule has 6 nitrogen and oxygen atoms in total. The lowest BCUT2D eigenvalue weighted by molar-refractivity contribution is -0.122. The van der Waals surface area contributed by atoms with Crippen molar-refractivity contribution in [1.29, 1.82) is 0 Å². The van der Waals surface area contributed by atoms with Gasteiger partial charge in [0.15, 0.2) is 6.61 Å². The molecule has 1 N–H and O–H groups in total. The van der Waals surface area contributed by atoms with Crippen molar-refractivity contribution in [2.45, 2.75) is 6.42 Å². The van der Waals surface area contributed by atoms with Gasteiger partial charge < -0.3 is 15.0 Å². The second-order valence-electron chi connectivity index (χ2n) is 6.55. The number of urea groups is 1. The van der Waals surface area contributed by atoms with Crippen molar-refractivity contribution in [3.05, 3.63) is 70.9 Å². The van der Waals surface area contributed by atoms with E-state index in [1.807, 2.05) is 12.1 Å². The Morgan fingerprint density at radius 1 is 1.10 bits per heavy atom. The Morgan fingerprint density at radius 2 is 1.86 bits per heavy atom. The van der Waals surface area contributed by atoms with Gasteiger partial charge in [0.1, 0.15) is 5.75 Å². The van der Waals surface area contributed by atoms with E-state index in [0.29, 0.717) is 47.5 Å². The molecule has 0 radical (unpaired) electrons. The van der Waals surface area contributed by atoms with Crippen molar-refractivity contribution in [3.63, 3.8) is 0 Å². The number of nitrogens with zero attached hydrogens (tertiary/aromatic N) is 2.